The summed E-state index contributed by atoms with van der Waals surface area (Å²) in [6.45, 7) is 3.91. The summed E-state index contributed by atoms with van der Waals surface area (Å²) in [6.07, 6.45) is 4.05. The van der Waals surface area contributed by atoms with E-state index in [9.17, 15) is 0 Å². The molecule has 0 N–H and O–H groups in total. The molecule has 4 aromatic rings. The van der Waals surface area contributed by atoms with Gasteiger partial charge in [0.2, 0.25) is 0 Å². The number of hydrogen-bond donors (Lipinski definition) is 0. The average molecular weight is 397 g/mol. The Kier molecular flexibility index (Phi) is 4.17. The first-order chi connectivity index (χ1) is 13.2. The quantitative estimate of drug-likeness (QED) is 0.518. The lowest BCUT2D eigenvalue weighted by atomic mass is 9.97. The summed E-state index contributed by atoms with van der Waals surface area (Å²) in [5, 5.41) is 14.0. The zero-order valence-corrected chi connectivity index (χ0v) is 16.9. The molecule has 6 nitrogen and oxygen atoms in total. The van der Waals surface area contributed by atoms with Crippen LogP contribution in [0.15, 0.2) is 29.2 Å². The van der Waals surface area contributed by atoms with Gasteiger partial charge in [0.05, 0.1) is 5.39 Å². The Balaban J connectivity index is 1.59. The Morgan fingerprint density at radius 2 is 2.15 bits per heavy atom. The Hall–Kier alpha value is -2.32. The Morgan fingerprint density at radius 3 is 2.93 bits per heavy atom. The van der Waals surface area contributed by atoms with E-state index in [0.29, 0.717) is 5.92 Å². The molecule has 1 aliphatic heterocycles. The van der Waals surface area contributed by atoms with Gasteiger partial charge < -0.3 is 9.47 Å². The van der Waals surface area contributed by atoms with Crippen molar-refractivity contribution in [3.05, 3.63) is 40.9 Å². The van der Waals surface area contributed by atoms with Crippen molar-refractivity contribution in [1.82, 2.24) is 24.7 Å². The van der Waals surface area contributed by atoms with Crippen molar-refractivity contribution < 1.29 is 0 Å². The van der Waals surface area contributed by atoms with Crippen LogP contribution in [0.1, 0.15) is 30.4 Å². The molecule has 5 heterocycles. The number of aromatic nitrogens is 5. The summed E-state index contributed by atoms with van der Waals surface area (Å²) in [5.74, 6) is 3.33. The maximum absolute atomic E-state index is 4.89. The second kappa shape index (κ2) is 6.69. The fraction of sp³-hybridized carbons (Fsp3) is 0.368. The molecule has 0 saturated carbocycles. The predicted octanol–water partition coefficient (Wildman–Crippen LogP) is 4.24. The lowest BCUT2D eigenvalue weighted by Gasteiger charge is -2.33. The number of anilines is 1. The second-order valence-electron chi connectivity index (χ2n) is 6.99. The van der Waals surface area contributed by atoms with Gasteiger partial charge in [-0.05, 0) is 31.2 Å². The minimum Gasteiger partial charge on any atom is -0.355 e. The van der Waals surface area contributed by atoms with Gasteiger partial charge in [0.15, 0.2) is 0 Å². The lowest BCUT2D eigenvalue weighted by Crippen LogP contribution is -2.36. The third-order valence-corrected chi connectivity index (χ3v) is 6.92. The van der Waals surface area contributed by atoms with Crippen molar-refractivity contribution in [1.29, 1.82) is 0 Å². The molecule has 0 aromatic carbocycles. The molecular formula is C19H20N6S2. The number of rotatable bonds is 3. The van der Waals surface area contributed by atoms with Gasteiger partial charge in [-0.25, -0.2) is 9.97 Å². The molecule has 1 saturated heterocycles. The molecule has 138 valence electrons. The van der Waals surface area contributed by atoms with Crippen LogP contribution in [0.5, 0.6) is 0 Å². The zero-order chi connectivity index (χ0) is 18.4. The standard InChI is InChI=1S/C19H20N6S2/c1-12-21-18(16-14(10-27-19(16)22-12)15-6-4-8-26-15)25-7-3-5-13(9-25)17-23-20-11-24(17)2/h4,6,8,10-11,13H,3,5,7,9H2,1-2H3/t13-/m0/s1. The highest BCUT2D eigenvalue weighted by Gasteiger charge is 2.28. The van der Waals surface area contributed by atoms with Gasteiger partial charge in [-0.15, -0.1) is 32.9 Å². The van der Waals surface area contributed by atoms with Gasteiger partial charge in [0.1, 0.15) is 28.6 Å². The van der Waals surface area contributed by atoms with Gasteiger partial charge in [0, 0.05) is 41.9 Å². The van der Waals surface area contributed by atoms with Crippen LogP contribution in [-0.4, -0.2) is 37.8 Å². The van der Waals surface area contributed by atoms with Crippen molar-refractivity contribution in [2.24, 2.45) is 7.05 Å². The maximum atomic E-state index is 4.89. The molecule has 27 heavy (non-hydrogen) atoms. The number of piperidine rings is 1. The van der Waals surface area contributed by atoms with E-state index in [1.165, 1.54) is 15.8 Å². The van der Waals surface area contributed by atoms with E-state index in [-0.39, 0.29) is 0 Å². The Bertz CT molecular complexity index is 1080. The lowest BCUT2D eigenvalue weighted by molar-refractivity contribution is 0.478. The minimum absolute atomic E-state index is 0.375. The van der Waals surface area contributed by atoms with E-state index >= 15 is 0 Å². The fourth-order valence-corrected chi connectivity index (χ4v) is 5.71. The van der Waals surface area contributed by atoms with Crippen LogP contribution >= 0.6 is 22.7 Å². The molecule has 0 bridgehead atoms. The summed E-state index contributed by atoms with van der Waals surface area (Å²) in [5.41, 5.74) is 1.25. The van der Waals surface area contributed by atoms with Crippen molar-refractivity contribution >= 4 is 38.7 Å². The third-order valence-electron chi connectivity index (χ3n) is 5.15. The molecule has 1 atom stereocenters. The second-order valence-corrected chi connectivity index (χ2v) is 8.79. The molecule has 0 amide bonds. The third kappa shape index (κ3) is 2.93. The van der Waals surface area contributed by atoms with Gasteiger partial charge in [0.25, 0.3) is 0 Å². The monoisotopic (exact) mass is 396 g/mol. The van der Waals surface area contributed by atoms with Crippen LogP contribution in [0.2, 0.25) is 0 Å². The summed E-state index contributed by atoms with van der Waals surface area (Å²) in [6, 6.07) is 4.28. The van der Waals surface area contributed by atoms with Gasteiger partial charge in [-0.3, -0.25) is 0 Å². The SMILES string of the molecule is Cc1nc(N2CCC[C@H](c3nncn3C)C2)c2c(-c3cccs3)csc2n1. The van der Waals surface area contributed by atoms with Crippen LogP contribution in [0.4, 0.5) is 5.82 Å². The van der Waals surface area contributed by atoms with E-state index in [0.717, 1.165) is 48.2 Å². The molecule has 1 fully saturated rings. The van der Waals surface area contributed by atoms with E-state index in [1.807, 2.05) is 18.5 Å². The maximum Gasteiger partial charge on any atom is 0.141 e. The summed E-state index contributed by atoms with van der Waals surface area (Å²) in [4.78, 5) is 14.4. The van der Waals surface area contributed by atoms with Crippen molar-refractivity contribution in [3.63, 3.8) is 0 Å². The van der Waals surface area contributed by atoms with Crippen LogP contribution < -0.4 is 4.90 Å². The summed E-state index contributed by atoms with van der Waals surface area (Å²) < 4.78 is 2.04. The van der Waals surface area contributed by atoms with Crippen molar-refractivity contribution in [2.45, 2.75) is 25.7 Å². The van der Waals surface area contributed by atoms with E-state index in [2.05, 4.69) is 38.0 Å². The Morgan fingerprint density at radius 1 is 1.22 bits per heavy atom. The number of nitrogens with zero attached hydrogens (tertiary/aromatic N) is 6. The van der Waals surface area contributed by atoms with Gasteiger partial charge >= 0.3 is 0 Å². The zero-order valence-electron chi connectivity index (χ0n) is 15.3. The first-order valence-electron chi connectivity index (χ1n) is 9.09. The van der Waals surface area contributed by atoms with Gasteiger partial charge in [-0.1, -0.05) is 6.07 Å². The molecule has 0 radical (unpaired) electrons. The highest BCUT2D eigenvalue weighted by Crippen LogP contribution is 2.41. The average Bonchev–Trinajstić information content (AvgIpc) is 3.41. The summed E-state index contributed by atoms with van der Waals surface area (Å²) >= 11 is 3.47. The number of fused-ring (bicyclic) bond motifs is 1. The molecule has 5 rings (SSSR count). The van der Waals surface area contributed by atoms with Crippen LogP contribution in [0.25, 0.3) is 20.7 Å². The largest absolute Gasteiger partial charge is 0.355 e. The Labute approximate surface area is 165 Å². The molecule has 4 aromatic heterocycles. The van der Waals surface area contributed by atoms with Crippen LogP contribution in [0, 0.1) is 6.92 Å². The molecule has 1 aliphatic rings. The smallest absolute Gasteiger partial charge is 0.141 e. The van der Waals surface area contributed by atoms with Crippen molar-refractivity contribution in [3.8, 4) is 10.4 Å². The van der Waals surface area contributed by atoms with Gasteiger partial charge in [-0.2, -0.15) is 0 Å². The van der Waals surface area contributed by atoms with E-state index in [4.69, 9.17) is 9.97 Å². The fourth-order valence-electron chi connectivity index (χ4n) is 3.91. The molecule has 0 unspecified atom stereocenters. The molecular weight excluding hydrogens is 376 g/mol. The normalized spacial score (nSPS) is 17.7. The van der Waals surface area contributed by atoms with Crippen molar-refractivity contribution in [2.75, 3.05) is 18.0 Å². The number of thiophene rings is 2. The molecule has 0 spiro atoms. The summed E-state index contributed by atoms with van der Waals surface area (Å²) in [7, 11) is 2.02. The first kappa shape index (κ1) is 16.8. The minimum atomic E-state index is 0.375. The van der Waals surface area contributed by atoms with Crippen LogP contribution in [-0.2, 0) is 7.05 Å². The molecule has 8 heteroatoms. The topological polar surface area (TPSA) is 59.7 Å². The molecule has 0 aliphatic carbocycles. The first-order valence-corrected chi connectivity index (χ1v) is 10.8. The number of hydrogen-bond acceptors (Lipinski definition) is 7. The van der Waals surface area contributed by atoms with Crippen LogP contribution in [0.3, 0.4) is 0 Å². The van der Waals surface area contributed by atoms with E-state index < -0.39 is 0 Å². The van der Waals surface area contributed by atoms with E-state index in [1.54, 1.807) is 29.0 Å². The predicted molar refractivity (Wildman–Crippen MR) is 111 cm³/mol. The number of aryl methyl sites for hydroxylation is 2. The highest BCUT2D eigenvalue weighted by molar-refractivity contribution is 7.18. The highest BCUT2D eigenvalue weighted by atomic mass is 32.1.